The molecule has 5 aromatic rings. The number of ether oxygens (including phenoxy) is 1. The highest BCUT2D eigenvalue weighted by atomic mass is 16.5. The van der Waals surface area contributed by atoms with E-state index in [0.717, 1.165) is 33.0 Å². The number of carboxylic acids is 1. The molecule has 4 aromatic carbocycles. The molecule has 3 atom stereocenters. The molecule has 1 unspecified atom stereocenters. The lowest BCUT2D eigenvalue weighted by atomic mass is 9.98. The Kier molecular flexibility index (Phi) is 12.1. The van der Waals surface area contributed by atoms with Crippen LogP contribution < -0.4 is 27.0 Å². The fourth-order valence-corrected chi connectivity index (χ4v) is 6.04. The maximum absolute atomic E-state index is 13.6. The molecule has 258 valence electrons. The number of carboxylic acid groups (broad SMARTS) is 1. The minimum Gasteiger partial charge on any atom is -0.480 e. The minimum atomic E-state index is -1.27. The molecule has 0 bridgehead atoms. The van der Waals surface area contributed by atoms with Crippen LogP contribution in [0, 0.1) is 5.41 Å². The van der Waals surface area contributed by atoms with Crippen molar-refractivity contribution in [2.75, 3.05) is 7.11 Å². The monoisotopic (exact) mass is 675 g/mol. The molecule has 5 rings (SSSR count). The van der Waals surface area contributed by atoms with Gasteiger partial charge >= 0.3 is 11.9 Å². The lowest BCUT2D eigenvalue weighted by molar-refractivity contribution is -0.143. The molecule has 12 heteroatoms. The van der Waals surface area contributed by atoms with E-state index in [0.29, 0.717) is 24.0 Å². The van der Waals surface area contributed by atoms with E-state index in [1.165, 1.54) is 7.11 Å². The van der Waals surface area contributed by atoms with Gasteiger partial charge < -0.3 is 31.5 Å². The first kappa shape index (κ1) is 35.5. The van der Waals surface area contributed by atoms with Gasteiger partial charge in [0.25, 0.3) is 5.91 Å². The summed E-state index contributed by atoms with van der Waals surface area (Å²) in [5, 5.41) is 33.5. The number of esters is 1. The quantitative estimate of drug-likeness (QED) is 0.0350. The number of nitrogens with zero attached hydrogens (tertiary/aromatic N) is 1. The van der Waals surface area contributed by atoms with Gasteiger partial charge in [-0.3, -0.25) is 25.3 Å². The third-order valence-corrected chi connectivity index (χ3v) is 8.48. The Hall–Kier alpha value is -5.85. The fraction of sp³-hybridized carbons (Fsp3) is 0.237. The zero-order valence-corrected chi connectivity index (χ0v) is 27.7. The molecule has 1 heterocycles. The molecule has 0 aliphatic heterocycles. The molecule has 12 nitrogen and oxygen atoms in total. The number of methoxy groups -OCH3 is 1. The number of hydrogen-bond acceptors (Lipinski definition) is 8. The number of nitrogens with two attached hydrogens (primary N) is 1. The van der Waals surface area contributed by atoms with Crippen LogP contribution in [0.1, 0.15) is 40.0 Å². The number of nitrogens with one attached hydrogen (secondary N) is 5. The molecule has 50 heavy (non-hydrogen) atoms. The van der Waals surface area contributed by atoms with Gasteiger partial charge in [0.05, 0.1) is 19.0 Å². The number of benzene rings is 4. The molecule has 0 radical (unpaired) electrons. The van der Waals surface area contributed by atoms with Crippen molar-refractivity contribution in [3.05, 3.63) is 126 Å². The first-order chi connectivity index (χ1) is 24.2. The van der Waals surface area contributed by atoms with Crippen LogP contribution in [0.2, 0.25) is 0 Å². The van der Waals surface area contributed by atoms with Crippen molar-refractivity contribution in [2.45, 2.75) is 50.6 Å². The average Bonchev–Trinajstić information content (AvgIpc) is 3.12. The third-order valence-electron chi connectivity index (χ3n) is 8.48. The molecule has 0 aliphatic rings. The summed E-state index contributed by atoms with van der Waals surface area (Å²) >= 11 is 0. The van der Waals surface area contributed by atoms with E-state index in [1.54, 1.807) is 12.3 Å². The topological polar surface area (TPSA) is 192 Å². The molecule has 1 amide bonds. The molecular formula is C38H41N7O5. The van der Waals surface area contributed by atoms with Gasteiger partial charge in [0, 0.05) is 24.8 Å². The van der Waals surface area contributed by atoms with E-state index >= 15 is 0 Å². The SMILES string of the molecule is COC(=O)[C@H](Cc1cccc2ccccc12)NC(CC[C@H](NC(=O)c1ccc(CNCc2ccccn2)c2ccccc12)C(=O)O)NC(=N)N. The zero-order valence-electron chi connectivity index (χ0n) is 27.7. The second-order valence-electron chi connectivity index (χ2n) is 11.9. The zero-order chi connectivity index (χ0) is 35.5. The minimum absolute atomic E-state index is 0.0331. The van der Waals surface area contributed by atoms with Crippen LogP contribution in [0.3, 0.4) is 0 Å². The molecule has 0 fully saturated rings. The molecule has 0 aliphatic carbocycles. The van der Waals surface area contributed by atoms with Gasteiger partial charge in [0.15, 0.2) is 5.96 Å². The van der Waals surface area contributed by atoms with Gasteiger partial charge in [0.1, 0.15) is 12.1 Å². The van der Waals surface area contributed by atoms with Gasteiger partial charge in [-0.05, 0) is 70.1 Å². The highest BCUT2D eigenvalue weighted by Gasteiger charge is 2.27. The average molecular weight is 676 g/mol. The third kappa shape index (κ3) is 9.19. The molecule has 0 saturated carbocycles. The smallest absolute Gasteiger partial charge is 0.326 e. The predicted molar refractivity (Wildman–Crippen MR) is 192 cm³/mol. The van der Waals surface area contributed by atoms with Gasteiger partial charge in [-0.15, -0.1) is 0 Å². The Morgan fingerprint density at radius 1 is 0.800 bits per heavy atom. The number of aliphatic carboxylic acids is 1. The van der Waals surface area contributed by atoms with Crippen molar-refractivity contribution in [3.63, 3.8) is 0 Å². The van der Waals surface area contributed by atoms with Gasteiger partial charge in [0.2, 0.25) is 0 Å². The van der Waals surface area contributed by atoms with E-state index in [9.17, 15) is 19.5 Å². The number of aromatic nitrogens is 1. The number of carbonyl (C=O) groups excluding carboxylic acids is 2. The van der Waals surface area contributed by atoms with E-state index in [2.05, 4.69) is 26.3 Å². The number of rotatable bonds is 16. The van der Waals surface area contributed by atoms with E-state index < -0.39 is 36.1 Å². The number of carbonyl (C=O) groups is 3. The molecule has 0 saturated heterocycles. The Balaban J connectivity index is 1.28. The lowest BCUT2D eigenvalue weighted by Gasteiger charge is -2.27. The number of pyridine rings is 1. The summed E-state index contributed by atoms with van der Waals surface area (Å²) in [5.74, 6) is -2.65. The first-order valence-corrected chi connectivity index (χ1v) is 16.3. The predicted octanol–water partition coefficient (Wildman–Crippen LogP) is 3.82. The number of hydrogen-bond donors (Lipinski definition) is 7. The highest BCUT2D eigenvalue weighted by Crippen LogP contribution is 2.24. The summed E-state index contributed by atoms with van der Waals surface area (Å²) in [7, 11) is 1.29. The Morgan fingerprint density at radius 3 is 2.24 bits per heavy atom. The summed E-state index contributed by atoms with van der Waals surface area (Å²) in [6, 6.07) is 28.3. The Bertz CT molecular complexity index is 1960. The maximum atomic E-state index is 13.6. The molecule has 8 N–H and O–H groups in total. The van der Waals surface area contributed by atoms with Crippen LogP contribution in [-0.4, -0.2) is 59.3 Å². The van der Waals surface area contributed by atoms with Gasteiger partial charge in [-0.25, -0.2) is 4.79 Å². The summed E-state index contributed by atoms with van der Waals surface area (Å²) < 4.78 is 5.08. The summed E-state index contributed by atoms with van der Waals surface area (Å²) in [6.45, 7) is 1.12. The Morgan fingerprint density at radius 2 is 1.52 bits per heavy atom. The van der Waals surface area contributed by atoms with E-state index in [1.807, 2.05) is 91.0 Å². The van der Waals surface area contributed by atoms with Crippen LogP contribution in [0.25, 0.3) is 21.5 Å². The van der Waals surface area contributed by atoms with Crippen molar-refractivity contribution < 1.29 is 24.2 Å². The van der Waals surface area contributed by atoms with Gasteiger partial charge in [-0.1, -0.05) is 78.9 Å². The highest BCUT2D eigenvalue weighted by molar-refractivity contribution is 6.08. The van der Waals surface area contributed by atoms with Crippen LogP contribution in [0.5, 0.6) is 0 Å². The van der Waals surface area contributed by atoms with E-state index in [-0.39, 0.29) is 25.2 Å². The van der Waals surface area contributed by atoms with Crippen LogP contribution in [-0.2, 0) is 33.8 Å². The molecular weight excluding hydrogens is 634 g/mol. The van der Waals surface area contributed by atoms with Crippen LogP contribution in [0.15, 0.2) is 103 Å². The fourth-order valence-electron chi connectivity index (χ4n) is 6.04. The summed E-state index contributed by atoms with van der Waals surface area (Å²) in [4.78, 5) is 43.2. The summed E-state index contributed by atoms with van der Waals surface area (Å²) in [5.41, 5.74) is 8.82. The maximum Gasteiger partial charge on any atom is 0.326 e. The van der Waals surface area contributed by atoms with Crippen molar-refractivity contribution in [2.24, 2.45) is 5.73 Å². The van der Waals surface area contributed by atoms with Crippen molar-refractivity contribution in [1.82, 2.24) is 26.3 Å². The largest absolute Gasteiger partial charge is 0.480 e. The normalized spacial score (nSPS) is 12.9. The van der Waals surface area contributed by atoms with Crippen LogP contribution >= 0.6 is 0 Å². The van der Waals surface area contributed by atoms with Crippen molar-refractivity contribution >= 4 is 45.4 Å². The lowest BCUT2D eigenvalue weighted by Crippen LogP contribution is -2.55. The standard InChI is InChI=1S/C38H41N7O5/c1-50-37(49)33(21-25-11-8-10-24-9-2-3-13-28(24)25)43-34(45-38(39)40)19-18-32(36(47)48)44-35(46)31-17-16-26(29-14-4-5-15-30(29)31)22-41-23-27-12-6-7-20-42-27/h2-17,20,32-34,41,43H,18-19,21-23H2,1H3,(H,44,46)(H,47,48)(H4,39,40,45)/t32-,33-,34?/m0/s1. The number of guanidine groups is 1. The summed E-state index contributed by atoms with van der Waals surface area (Å²) in [6.07, 6.45) is 1.29. The van der Waals surface area contributed by atoms with Crippen LogP contribution in [0.4, 0.5) is 0 Å². The molecule has 1 aromatic heterocycles. The molecule has 0 spiro atoms. The van der Waals surface area contributed by atoms with Crippen molar-refractivity contribution in [3.8, 4) is 0 Å². The number of amides is 1. The van der Waals surface area contributed by atoms with Gasteiger partial charge in [-0.2, -0.15) is 0 Å². The Labute approximate surface area is 289 Å². The first-order valence-electron chi connectivity index (χ1n) is 16.3. The second-order valence-corrected chi connectivity index (χ2v) is 11.9. The second kappa shape index (κ2) is 17.0. The van der Waals surface area contributed by atoms with Crippen molar-refractivity contribution in [1.29, 1.82) is 5.41 Å². The van der Waals surface area contributed by atoms with E-state index in [4.69, 9.17) is 15.9 Å². The number of fused-ring (bicyclic) bond motifs is 2.